The molecule has 1 aromatic rings. The average molecular weight is 352 g/mol. The van der Waals surface area contributed by atoms with Crippen LogP contribution in [0, 0.1) is 0 Å². The number of urea groups is 1. The number of rotatable bonds is 4. The smallest absolute Gasteiger partial charge is 0.317 e. The molecule has 0 aromatic heterocycles. The molecule has 2 amide bonds. The van der Waals surface area contributed by atoms with Gasteiger partial charge in [0.15, 0.2) is 11.5 Å². The van der Waals surface area contributed by atoms with E-state index in [1.54, 1.807) is 14.2 Å². The van der Waals surface area contributed by atoms with Gasteiger partial charge in [-0.05, 0) is 17.7 Å². The Hall–Kier alpha value is -1.60. The minimum atomic E-state index is -0.0415. The number of benzene rings is 1. The first kappa shape index (κ1) is 17.2. The zero-order valence-corrected chi connectivity index (χ0v) is 15.0. The Labute approximate surface area is 146 Å². The standard InChI is InChI=1S/C17H24N2O4S/c1-21-14-4-3-13(11-15(14)22-2)12-18-16(20)19-7-5-17(6-8-19)23-9-10-24-17/h3-4,11H,5-10,12H2,1-2H3,(H,18,20). The largest absolute Gasteiger partial charge is 0.493 e. The van der Waals surface area contributed by atoms with Crippen molar-refractivity contribution in [1.29, 1.82) is 0 Å². The third-order valence-electron chi connectivity index (χ3n) is 4.52. The maximum absolute atomic E-state index is 12.4. The van der Waals surface area contributed by atoms with Crippen LogP contribution in [0.25, 0.3) is 0 Å². The van der Waals surface area contributed by atoms with Crippen molar-refractivity contribution in [3.63, 3.8) is 0 Å². The number of methoxy groups -OCH3 is 2. The molecular formula is C17H24N2O4S. The average Bonchev–Trinajstić information content (AvgIpc) is 3.08. The number of carbonyl (C=O) groups is 1. The lowest BCUT2D eigenvalue weighted by Gasteiger charge is -2.37. The SMILES string of the molecule is COc1ccc(CNC(=O)N2CCC3(CC2)OCCS3)cc1OC. The number of thioether (sulfide) groups is 1. The summed E-state index contributed by atoms with van der Waals surface area (Å²) >= 11 is 1.89. The quantitative estimate of drug-likeness (QED) is 0.902. The summed E-state index contributed by atoms with van der Waals surface area (Å²) in [4.78, 5) is 14.2. The highest BCUT2D eigenvalue weighted by atomic mass is 32.2. The van der Waals surface area contributed by atoms with Gasteiger partial charge in [0.25, 0.3) is 0 Å². The Balaban J connectivity index is 1.51. The first-order valence-electron chi connectivity index (χ1n) is 8.17. The Kier molecular flexibility index (Phi) is 5.40. The van der Waals surface area contributed by atoms with Crippen LogP contribution in [-0.2, 0) is 11.3 Å². The van der Waals surface area contributed by atoms with Crippen molar-refractivity contribution in [3.05, 3.63) is 23.8 Å². The van der Waals surface area contributed by atoms with E-state index >= 15 is 0 Å². The van der Waals surface area contributed by atoms with E-state index in [0.29, 0.717) is 18.0 Å². The van der Waals surface area contributed by atoms with Crippen LogP contribution in [0.4, 0.5) is 4.79 Å². The van der Waals surface area contributed by atoms with Crippen molar-refractivity contribution in [2.75, 3.05) is 39.7 Å². The van der Waals surface area contributed by atoms with Gasteiger partial charge in [-0.2, -0.15) is 0 Å². The third kappa shape index (κ3) is 3.72. The minimum absolute atomic E-state index is 0.0253. The molecule has 2 heterocycles. The number of nitrogens with one attached hydrogen (secondary N) is 1. The summed E-state index contributed by atoms with van der Waals surface area (Å²) in [5, 5.41) is 2.98. The van der Waals surface area contributed by atoms with E-state index < -0.39 is 0 Å². The predicted molar refractivity (Wildman–Crippen MR) is 93.7 cm³/mol. The van der Waals surface area contributed by atoms with Gasteiger partial charge in [0.1, 0.15) is 4.93 Å². The number of ether oxygens (including phenoxy) is 3. The van der Waals surface area contributed by atoms with Crippen LogP contribution >= 0.6 is 11.8 Å². The molecule has 2 fully saturated rings. The van der Waals surface area contributed by atoms with E-state index in [1.165, 1.54) is 0 Å². The van der Waals surface area contributed by atoms with Gasteiger partial charge < -0.3 is 24.4 Å². The van der Waals surface area contributed by atoms with Gasteiger partial charge in [-0.3, -0.25) is 0 Å². The lowest BCUT2D eigenvalue weighted by atomic mass is 10.1. The van der Waals surface area contributed by atoms with Crippen LogP contribution in [0.15, 0.2) is 18.2 Å². The second-order valence-electron chi connectivity index (χ2n) is 5.94. The Morgan fingerprint density at radius 2 is 2.04 bits per heavy atom. The summed E-state index contributed by atoms with van der Waals surface area (Å²) in [6, 6.07) is 5.63. The van der Waals surface area contributed by atoms with Gasteiger partial charge in [-0.25, -0.2) is 4.79 Å². The fourth-order valence-corrected chi connectivity index (χ4v) is 4.29. The van der Waals surface area contributed by atoms with Crippen LogP contribution in [-0.4, -0.2) is 55.5 Å². The van der Waals surface area contributed by atoms with Gasteiger partial charge in [-0.1, -0.05) is 6.07 Å². The molecule has 24 heavy (non-hydrogen) atoms. The van der Waals surface area contributed by atoms with Crippen LogP contribution in [0.1, 0.15) is 18.4 Å². The number of hydrogen-bond donors (Lipinski definition) is 1. The summed E-state index contributed by atoms with van der Waals surface area (Å²) in [6.07, 6.45) is 1.81. The summed E-state index contributed by atoms with van der Waals surface area (Å²) < 4.78 is 16.4. The molecule has 3 rings (SSSR count). The topological polar surface area (TPSA) is 60.0 Å². The molecule has 0 radical (unpaired) electrons. The first-order valence-corrected chi connectivity index (χ1v) is 9.16. The van der Waals surface area contributed by atoms with Crippen molar-refractivity contribution in [2.24, 2.45) is 0 Å². The molecule has 0 unspecified atom stereocenters. The molecule has 1 aromatic carbocycles. The summed E-state index contributed by atoms with van der Waals surface area (Å²) in [5.74, 6) is 2.41. The van der Waals surface area contributed by atoms with Crippen LogP contribution in [0.5, 0.6) is 11.5 Å². The highest BCUT2D eigenvalue weighted by Gasteiger charge is 2.40. The molecule has 0 saturated carbocycles. The van der Waals surface area contributed by atoms with E-state index in [-0.39, 0.29) is 11.0 Å². The second kappa shape index (κ2) is 7.53. The third-order valence-corrected chi connectivity index (χ3v) is 5.94. The number of amides is 2. The molecule has 0 aliphatic carbocycles. The fourth-order valence-electron chi connectivity index (χ4n) is 3.12. The van der Waals surface area contributed by atoms with Gasteiger partial charge >= 0.3 is 6.03 Å². The molecule has 2 saturated heterocycles. The van der Waals surface area contributed by atoms with Crippen molar-refractivity contribution in [1.82, 2.24) is 10.2 Å². The Morgan fingerprint density at radius 1 is 1.29 bits per heavy atom. The molecular weight excluding hydrogens is 328 g/mol. The summed E-state index contributed by atoms with van der Waals surface area (Å²) in [5.41, 5.74) is 0.976. The zero-order valence-electron chi connectivity index (χ0n) is 14.2. The van der Waals surface area contributed by atoms with Gasteiger partial charge in [0.05, 0.1) is 20.8 Å². The highest BCUT2D eigenvalue weighted by Crippen LogP contribution is 2.41. The van der Waals surface area contributed by atoms with Crippen molar-refractivity contribution < 1.29 is 19.0 Å². The Morgan fingerprint density at radius 3 is 2.67 bits per heavy atom. The molecule has 1 spiro atoms. The van der Waals surface area contributed by atoms with Crippen molar-refractivity contribution >= 4 is 17.8 Å². The van der Waals surface area contributed by atoms with E-state index in [2.05, 4.69) is 5.32 Å². The van der Waals surface area contributed by atoms with E-state index in [4.69, 9.17) is 14.2 Å². The maximum atomic E-state index is 12.4. The first-order chi connectivity index (χ1) is 11.7. The number of hydrogen-bond acceptors (Lipinski definition) is 5. The molecule has 2 aliphatic rings. The summed E-state index contributed by atoms with van der Waals surface area (Å²) in [6.45, 7) is 2.78. The maximum Gasteiger partial charge on any atom is 0.317 e. The monoisotopic (exact) mass is 352 g/mol. The number of nitrogens with zero attached hydrogens (tertiary/aromatic N) is 1. The van der Waals surface area contributed by atoms with Crippen LogP contribution < -0.4 is 14.8 Å². The van der Waals surface area contributed by atoms with Crippen molar-refractivity contribution in [3.8, 4) is 11.5 Å². The van der Waals surface area contributed by atoms with E-state index in [9.17, 15) is 4.79 Å². The normalized spacial score (nSPS) is 19.3. The van der Waals surface area contributed by atoms with E-state index in [1.807, 2.05) is 34.9 Å². The second-order valence-corrected chi connectivity index (χ2v) is 7.38. The molecule has 0 bridgehead atoms. The minimum Gasteiger partial charge on any atom is -0.493 e. The van der Waals surface area contributed by atoms with Crippen molar-refractivity contribution in [2.45, 2.75) is 24.3 Å². The predicted octanol–water partition coefficient (Wildman–Crippen LogP) is 2.47. The van der Waals surface area contributed by atoms with Gasteiger partial charge in [0.2, 0.25) is 0 Å². The number of carbonyl (C=O) groups excluding carboxylic acids is 1. The van der Waals surface area contributed by atoms with Gasteiger partial charge in [0, 0.05) is 38.2 Å². The zero-order chi connectivity index (χ0) is 17.0. The lowest BCUT2D eigenvalue weighted by Crippen LogP contribution is -2.48. The van der Waals surface area contributed by atoms with Crippen LogP contribution in [0.2, 0.25) is 0 Å². The van der Waals surface area contributed by atoms with Gasteiger partial charge in [-0.15, -0.1) is 11.8 Å². The Bertz CT molecular complexity index is 580. The molecule has 7 heteroatoms. The lowest BCUT2D eigenvalue weighted by molar-refractivity contribution is 0.00942. The molecule has 132 valence electrons. The van der Waals surface area contributed by atoms with Crippen LogP contribution in [0.3, 0.4) is 0 Å². The summed E-state index contributed by atoms with van der Waals surface area (Å²) in [7, 11) is 3.21. The number of piperidine rings is 1. The molecule has 6 nitrogen and oxygen atoms in total. The van der Waals surface area contributed by atoms with E-state index in [0.717, 1.165) is 43.9 Å². The fraction of sp³-hybridized carbons (Fsp3) is 0.588. The molecule has 2 aliphatic heterocycles. The molecule has 0 atom stereocenters. The number of likely N-dealkylation sites (tertiary alicyclic amines) is 1. The molecule has 1 N–H and O–H groups in total. The highest BCUT2D eigenvalue weighted by molar-refractivity contribution is 8.00.